The van der Waals surface area contributed by atoms with Crippen LogP contribution >= 0.6 is 7.82 Å². The maximum absolute atomic E-state index is 14.9. The molecule has 0 aromatic rings. The van der Waals surface area contributed by atoms with Crippen molar-refractivity contribution in [1.82, 2.24) is 36.8 Å². The van der Waals surface area contributed by atoms with Gasteiger partial charge in [-0.05, 0) is 50.4 Å². The lowest BCUT2D eigenvalue weighted by molar-refractivity contribution is -0.284. The van der Waals surface area contributed by atoms with Gasteiger partial charge in [0, 0.05) is 128 Å². The zero-order chi connectivity index (χ0) is 92.0. The van der Waals surface area contributed by atoms with Crippen molar-refractivity contribution in [2.75, 3.05) is 138 Å². The van der Waals surface area contributed by atoms with E-state index in [0.29, 0.717) is 6.42 Å². The van der Waals surface area contributed by atoms with Gasteiger partial charge in [-0.25, -0.2) is 0 Å². The first-order valence-corrected chi connectivity index (χ1v) is 43.7. The first kappa shape index (κ1) is 109. The molecule has 7 amide bonds. The lowest BCUT2D eigenvalue weighted by Crippen LogP contribution is -2.64. The first-order chi connectivity index (χ1) is 58.8. The van der Waals surface area contributed by atoms with Crippen LogP contribution in [0.5, 0.6) is 0 Å². The molecule has 0 aromatic heterocycles. The predicted octanol–water partition coefficient (Wildman–Crippen LogP) is -7.11. The molecule has 5 rings (SSSR count). The third-order valence-electron chi connectivity index (χ3n) is 22.8. The summed E-state index contributed by atoms with van der Waals surface area (Å²) in [4.78, 5) is 159. The Morgan fingerprint density at radius 1 is 0.468 bits per heavy atom. The Balaban J connectivity index is 1.31. The van der Waals surface area contributed by atoms with Crippen molar-refractivity contribution in [2.45, 2.75) is 267 Å². The Labute approximate surface area is 720 Å². The highest BCUT2D eigenvalue weighted by Gasteiger charge is 2.53. The van der Waals surface area contributed by atoms with Crippen molar-refractivity contribution in [3.8, 4) is 0 Å². The molecular weight excluding hydrogens is 1670 g/mol. The molecule has 46 heteroatoms. The standard InChI is InChI=1S/C78H136N7O38P/c1-8-77(6)41-85(42-78(77,7)43-119-124(108,109)110)60(97)15-9-12-50(93)36-48(71(106)84-52(72(107)80-23-27-114-30-33-116-74-45(3)64(99)66(101)55(38-87)121-74)18-17-49(92)13-10-24-111-28-32-115-73-44(2)63(98)65(100)54(37-86)120-73)16-20-59(96)83-51(53(94)14-11-25-112-29-34-117-75-61(81-46(4)90)69(104)67(102)56(39-88)122-75)19-21-58(95)79-22-26-113-31-35-118-76-62(82-47(5)91)70(105)68(103)57(40-89)123-76/h44-45,48,51-52,54-57,61-70,73-76,86-89,98-105H,8-43H2,1-7H3,(H,79,95)(H,80,107)(H,81,90)(H,82,91)(H,83,96)(H,84,106)(H2,108,109,110)/p-1/t44-,45-,48?,51?,52?,54-,55-,56-,57-,61-,62-,63-,64-,65+,66+,67+,68+,69-,70-,73?,74?,75?,76?,77+,78+/m1/s1. The predicted molar refractivity (Wildman–Crippen MR) is 424 cm³/mol. The molecule has 19 N–H and O–H groups in total. The highest BCUT2D eigenvalue weighted by molar-refractivity contribution is 7.44. The largest absolute Gasteiger partial charge is 0.756 e. The summed E-state index contributed by atoms with van der Waals surface area (Å²) >= 11 is 0. The summed E-state index contributed by atoms with van der Waals surface area (Å²) in [5.74, 6) is -8.98. The number of hydrogen-bond acceptors (Lipinski definition) is 37. The maximum atomic E-state index is 14.9. The summed E-state index contributed by atoms with van der Waals surface area (Å²) < 4.78 is 84.2. The van der Waals surface area contributed by atoms with E-state index < -0.39 is 264 Å². The number of carbonyl (C=O) groups excluding carboxylic acids is 10. The number of amides is 7. The van der Waals surface area contributed by atoms with Crippen LogP contribution in [0.15, 0.2) is 0 Å². The van der Waals surface area contributed by atoms with E-state index >= 15 is 0 Å². The topological polar surface area (TPSA) is 669 Å². The molecule has 45 nitrogen and oxygen atoms in total. The molecule has 0 spiro atoms. The van der Waals surface area contributed by atoms with Gasteiger partial charge in [-0.3, -0.25) is 52.5 Å². The molecule has 5 heterocycles. The second kappa shape index (κ2) is 55.5. The van der Waals surface area contributed by atoms with Crippen LogP contribution in [0.25, 0.3) is 0 Å². The monoisotopic (exact) mass is 1810 g/mol. The number of phosphoric acid groups is 1. The van der Waals surface area contributed by atoms with Crippen LogP contribution in [0.4, 0.5) is 0 Å². The van der Waals surface area contributed by atoms with Gasteiger partial charge in [0.05, 0.1) is 117 Å². The second-order valence-electron chi connectivity index (χ2n) is 32.3. The number of ketones is 3. The fourth-order valence-corrected chi connectivity index (χ4v) is 15.3. The van der Waals surface area contributed by atoms with E-state index in [1.807, 2.05) is 13.8 Å². The third-order valence-corrected chi connectivity index (χ3v) is 23.3. The van der Waals surface area contributed by atoms with Crippen LogP contribution in [-0.4, -0.2) is 391 Å². The Morgan fingerprint density at radius 2 is 0.887 bits per heavy atom. The van der Waals surface area contributed by atoms with Crippen LogP contribution in [0.1, 0.15) is 145 Å². The van der Waals surface area contributed by atoms with E-state index in [-0.39, 0.29) is 182 Å². The molecule has 5 saturated heterocycles. The summed E-state index contributed by atoms with van der Waals surface area (Å²) in [5, 5.41) is 138. The normalized spacial score (nSPS) is 30.7. The number of Topliss-reactive ketones (excluding diaryl/α,β-unsaturated/α-hetero) is 3. The van der Waals surface area contributed by atoms with Crippen molar-refractivity contribution >= 4 is 66.5 Å². The molecule has 0 aliphatic carbocycles. The van der Waals surface area contributed by atoms with Crippen LogP contribution in [0.2, 0.25) is 0 Å². The van der Waals surface area contributed by atoms with Crippen molar-refractivity contribution in [1.29, 1.82) is 0 Å². The summed E-state index contributed by atoms with van der Waals surface area (Å²) in [5.41, 5.74) is -1.59. The van der Waals surface area contributed by atoms with Gasteiger partial charge in [-0.2, -0.15) is 0 Å². The third kappa shape index (κ3) is 35.7. The number of nitrogens with zero attached hydrogens (tertiary/aromatic N) is 1. The Hall–Kier alpha value is -5.55. The van der Waals surface area contributed by atoms with Gasteiger partial charge in [-0.1, -0.05) is 34.6 Å². The molecule has 0 radical (unpaired) electrons. The van der Waals surface area contributed by atoms with Gasteiger partial charge in [0.15, 0.2) is 30.9 Å². The van der Waals surface area contributed by atoms with Gasteiger partial charge in [0.25, 0.3) is 7.82 Å². The molecule has 716 valence electrons. The highest BCUT2D eigenvalue weighted by Crippen LogP contribution is 2.51. The Bertz CT molecular complexity index is 3320. The molecule has 8 unspecified atom stereocenters. The number of phosphoric ester groups is 1. The number of aliphatic hydroxyl groups excluding tert-OH is 12. The number of aliphatic hydroxyl groups is 12. The van der Waals surface area contributed by atoms with Crippen LogP contribution in [0, 0.1) is 28.6 Å². The number of rotatable bonds is 60. The van der Waals surface area contributed by atoms with Crippen molar-refractivity contribution in [2.24, 2.45) is 28.6 Å². The fourth-order valence-electron chi connectivity index (χ4n) is 14.8. The Kier molecular flexibility index (Phi) is 48.7. The van der Waals surface area contributed by atoms with Crippen molar-refractivity contribution < 1.29 is 185 Å². The van der Waals surface area contributed by atoms with Gasteiger partial charge in [0.1, 0.15) is 90.7 Å². The second-order valence-corrected chi connectivity index (χ2v) is 33.5. The molecule has 5 aliphatic rings. The van der Waals surface area contributed by atoms with Gasteiger partial charge in [0.2, 0.25) is 41.4 Å². The molecular formula is C78H135N7O38P-. The zero-order valence-electron chi connectivity index (χ0n) is 71.6. The molecule has 0 saturated carbocycles. The Morgan fingerprint density at radius 3 is 1.35 bits per heavy atom. The minimum Gasteiger partial charge on any atom is -0.756 e. The fraction of sp³-hybridized carbons (Fsp3) is 0.872. The summed E-state index contributed by atoms with van der Waals surface area (Å²) in [6.45, 7) is 6.93. The van der Waals surface area contributed by atoms with E-state index in [0.717, 1.165) is 0 Å². The van der Waals surface area contributed by atoms with Crippen molar-refractivity contribution in [3.05, 3.63) is 0 Å². The van der Waals surface area contributed by atoms with E-state index in [9.17, 15) is 124 Å². The van der Waals surface area contributed by atoms with Crippen LogP contribution in [0.3, 0.4) is 0 Å². The summed E-state index contributed by atoms with van der Waals surface area (Å²) in [7, 11) is -5.14. The van der Waals surface area contributed by atoms with Gasteiger partial charge in [-0.15, -0.1) is 0 Å². The average Bonchev–Trinajstić information content (AvgIpc) is 1.62. The molecule has 26 atom stereocenters. The smallest absolute Gasteiger partial charge is 0.265 e. The maximum Gasteiger partial charge on any atom is 0.265 e. The summed E-state index contributed by atoms with van der Waals surface area (Å²) in [6, 6.07) is -5.30. The number of likely N-dealkylation sites (tertiary alicyclic amines) is 1. The molecule has 5 fully saturated rings. The molecule has 124 heavy (non-hydrogen) atoms. The lowest BCUT2D eigenvalue weighted by atomic mass is 9.67. The van der Waals surface area contributed by atoms with E-state index in [1.54, 1.807) is 20.8 Å². The van der Waals surface area contributed by atoms with Crippen LogP contribution < -0.4 is 36.8 Å². The van der Waals surface area contributed by atoms with Crippen molar-refractivity contribution in [3.63, 3.8) is 0 Å². The van der Waals surface area contributed by atoms with E-state index in [4.69, 9.17) is 61.4 Å². The van der Waals surface area contributed by atoms with E-state index in [2.05, 4.69) is 31.9 Å². The molecule has 0 aromatic carbocycles. The number of ether oxygens (including phenoxy) is 12. The molecule has 5 aliphatic heterocycles. The minimum absolute atomic E-state index is 0.0217. The highest BCUT2D eigenvalue weighted by atomic mass is 31.2. The SMILES string of the molecule is CC[C@@]1(C)CN(C(=O)CCCC(=O)CC(CCC(=O)NC(CCC(=O)NCCOCCOC2O[C@H](CO)[C@H](O)[C@H](O)[C@H]2NC(C)=O)C(=O)CCCOCCOC2O[C@H](CO)[C@H](O)[C@H](O)[C@H]2NC(C)=O)C(=O)NC(CCC(=O)CCCOCCOC2O[C@H](CO)[C@H](O)[C@H](O)[C@H]2C)C(=O)NCCOCCOC2O[C@H](CO)[C@H](O)[C@H](O)[C@H]2C)C[C@@]1(C)COP(=O)([O-])O. The van der Waals surface area contributed by atoms with E-state index in [1.165, 1.54) is 18.7 Å². The minimum atomic E-state index is -5.14. The number of hydrogen-bond donors (Lipinski definition) is 19. The average molecular weight is 1810 g/mol. The van der Waals surface area contributed by atoms with Gasteiger partial charge < -0.3 is 169 Å². The summed E-state index contributed by atoms with van der Waals surface area (Å²) in [6.07, 6.45) is -23.7. The van der Waals surface area contributed by atoms with Crippen LogP contribution in [-0.2, 0) is 114 Å². The zero-order valence-corrected chi connectivity index (χ0v) is 72.5. The van der Waals surface area contributed by atoms with Gasteiger partial charge >= 0.3 is 0 Å². The lowest BCUT2D eigenvalue weighted by Gasteiger charge is -2.42. The number of carbonyl (C=O) groups is 10. The molecule has 0 bridgehead atoms. The first-order valence-electron chi connectivity index (χ1n) is 42.2. The number of nitrogens with one attached hydrogen (secondary N) is 6. The quantitative estimate of drug-likeness (QED) is 0.0199.